The first-order valence-electron chi connectivity index (χ1n) is 8.45. The van der Waals surface area contributed by atoms with Crippen LogP contribution in [0.5, 0.6) is 5.75 Å². The number of nitrogens with one attached hydrogen (secondary N) is 1. The van der Waals surface area contributed by atoms with E-state index in [1.165, 1.54) is 0 Å². The standard InChI is InChI=1S/C18H30N2O5/c1-18(2,3)25-17(21)20-14-15-4-6-16(7-5-15)24-13-12-23-11-10-22-9-8-19/h4-7H,8-14,19H2,1-3H3,(H,20,21). The Morgan fingerprint density at radius 3 is 2.20 bits per heavy atom. The molecule has 1 aromatic rings. The molecule has 0 bridgehead atoms. The van der Waals surface area contributed by atoms with Gasteiger partial charge in [0.15, 0.2) is 0 Å². The number of carbonyl (C=O) groups is 1. The number of ether oxygens (including phenoxy) is 4. The van der Waals surface area contributed by atoms with Crippen LogP contribution in [0.1, 0.15) is 26.3 Å². The van der Waals surface area contributed by atoms with E-state index < -0.39 is 11.7 Å². The second-order valence-electron chi connectivity index (χ2n) is 6.36. The van der Waals surface area contributed by atoms with Gasteiger partial charge in [0.2, 0.25) is 0 Å². The monoisotopic (exact) mass is 354 g/mol. The van der Waals surface area contributed by atoms with Crippen molar-refractivity contribution >= 4 is 6.09 Å². The van der Waals surface area contributed by atoms with E-state index >= 15 is 0 Å². The number of hydrogen-bond donors (Lipinski definition) is 2. The van der Waals surface area contributed by atoms with Crippen molar-refractivity contribution in [2.45, 2.75) is 32.9 Å². The summed E-state index contributed by atoms with van der Waals surface area (Å²) in [6.45, 7) is 8.98. The summed E-state index contributed by atoms with van der Waals surface area (Å²) in [7, 11) is 0. The zero-order valence-corrected chi connectivity index (χ0v) is 15.4. The molecule has 0 atom stereocenters. The van der Waals surface area contributed by atoms with Crippen LogP contribution in [-0.4, -0.2) is 51.3 Å². The molecule has 0 saturated heterocycles. The van der Waals surface area contributed by atoms with Crippen LogP contribution in [0, 0.1) is 0 Å². The normalized spacial score (nSPS) is 11.2. The molecule has 142 valence electrons. The molecule has 7 heteroatoms. The molecule has 1 aromatic carbocycles. The quantitative estimate of drug-likeness (QED) is 0.591. The first-order valence-corrected chi connectivity index (χ1v) is 8.45. The molecule has 0 saturated carbocycles. The van der Waals surface area contributed by atoms with E-state index in [2.05, 4.69) is 5.32 Å². The average molecular weight is 354 g/mol. The van der Waals surface area contributed by atoms with Crippen molar-refractivity contribution < 1.29 is 23.7 Å². The number of rotatable bonds is 11. The van der Waals surface area contributed by atoms with Gasteiger partial charge in [-0.2, -0.15) is 0 Å². The van der Waals surface area contributed by atoms with Gasteiger partial charge in [-0.25, -0.2) is 4.79 Å². The van der Waals surface area contributed by atoms with E-state index in [0.29, 0.717) is 46.1 Å². The lowest BCUT2D eigenvalue weighted by Crippen LogP contribution is -2.32. The maximum absolute atomic E-state index is 11.6. The van der Waals surface area contributed by atoms with Crippen molar-refractivity contribution in [2.75, 3.05) is 39.6 Å². The van der Waals surface area contributed by atoms with E-state index in [1.807, 2.05) is 45.0 Å². The molecular formula is C18H30N2O5. The van der Waals surface area contributed by atoms with Gasteiger partial charge in [-0.1, -0.05) is 12.1 Å². The molecule has 0 spiro atoms. The van der Waals surface area contributed by atoms with Crippen LogP contribution in [0.15, 0.2) is 24.3 Å². The molecule has 0 aliphatic carbocycles. The second kappa shape index (κ2) is 11.7. The Morgan fingerprint density at radius 1 is 1.00 bits per heavy atom. The molecule has 1 rings (SSSR count). The van der Waals surface area contributed by atoms with E-state index in [0.717, 1.165) is 11.3 Å². The Kier molecular flexibility index (Phi) is 9.91. The van der Waals surface area contributed by atoms with Gasteiger partial charge in [0.05, 0.1) is 26.4 Å². The highest BCUT2D eigenvalue weighted by molar-refractivity contribution is 5.67. The molecule has 0 unspecified atom stereocenters. The molecular weight excluding hydrogens is 324 g/mol. The first-order chi connectivity index (χ1) is 11.9. The van der Waals surface area contributed by atoms with E-state index in [1.54, 1.807) is 0 Å². The predicted octanol–water partition coefficient (Wildman–Crippen LogP) is 2.08. The third-order valence-electron chi connectivity index (χ3n) is 2.89. The summed E-state index contributed by atoms with van der Waals surface area (Å²) in [4.78, 5) is 11.6. The lowest BCUT2D eigenvalue weighted by atomic mass is 10.2. The van der Waals surface area contributed by atoms with Gasteiger partial charge in [-0.15, -0.1) is 0 Å². The largest absolute Gasteiger partial charge is 0.491 e. The van der Waals surface area contributed by atoms with Crippen LogP contribution in [0.3, 0.4) is 0 Å². The number of amides is 1. The summed E-state index contributed by atoms with van der Waals surface area (Å²) >= 11 is 0. The van der Waals surface area contributed by atoms with Crippen LogP contribution in [0.25, 0.3) is 0 Å². The number of benzene rings is 1. The highest BCUT2D eigenvalue weighted by Gasteiger charge is 2.15. The van der Waals surface area contributed by atoms with Crippen molar-refractivity contribution in [3.63, 3.8) is 0 Å². The number of carbonyl (C=O) groups excluding carboxylic acids is 1. The zero-order chi connectivity index (χ0) is 18.5. The maximum atomic E-state index is 11.6. The van der Waals surface area contributed by atoms with Crippen LogP contribution in [0.4, 0.5) is 4.79 Å². The van der Waals surface area contributed by atoms with Crippen molar-refractivity contribution in [3.05, 3.63) is 29.8 Å². The van der Waals surface area contributed by atoms with Crippen LogP contribution >= 0.6 is 0 Å². The smallest absolute Gasteiger partial charge is 0.407 e. The fourth-order valence-corrected chi connectivity index (χ4v) is 1.82. The summed E-state index contributed by atoms with van der Waals surface area (Å²) in [5, 5.41) is 2.71. The molecule has 0 aromatic heterocycles. The van der Waals surface area contributed by atoms with Gasteiger partial charge in [-0.05, 0) is 38.5 Å². The fraction of sp³-hybridized carbons (Fsp3) is 0.611. The Morgan fingerprint density at radius 2 is 1.60 bits per heavy atom. The van der Waals surface area contributed by atoms with Crippen LogP contribution in [0.2, 0.25) is 0 Å². The van der Waals surface area contributed by atoms with Crippen molar-refractivity contribution in [1.82, 2.24) is 5.32 Å². The highest BCUT2D eigenvalue weighted by atomic mass is 16.6. The Balaban J connectivity index is 2.16. The summed E-state index contributed by atoms with van der Waals surface area (Å²) in [5.41, 5.74) is 5.78. The molecule has 25 heavy (non-hydrogen) atoms. The van der Waals surface area contributed by atoms with Gasteiger partial charge >= 0.3 is 6.09 Å². The van der Waals surface area contributed by atoms with Crippen LogP contribution in [-0.2, 0) is 20.8 Å². The number of alkyl carbamates (subject to hydrolysis) is 1. The highest BCUT2D eigenvalue weighted by Crippen LogP contribution is 2.12. The lowest BCUT2D eigenvalue weighted by Gasteiger charge is -2.19. The van der Waals surface area contributed by atoms with E-state index in [9.17, 15) is 4.79 Å². The molecule has 3 N–H and O–H groups in total. The Labute approximate surface area is 149 Å². The minimum atomic E-state index is -0.500. The van der Waals surface area contributed by atoms with Gasteiger partial charge in [0, 0.05) is 13.1 Å². The van der Waals surface area contributed by atoms with Gasteiger partial charge in [0.1, 0.15) is 18.0 Å². The SMILES string of the molecule is CC(C)(C)OC(=O)NCc1ccc(OCCOCCOCCN)cc1. The molecule has 0 aliphatic heterocycles. The summed E-state index contributed by atoms with van der Waals surface area (Å²) in [6.07, 6.45) is -0.430. The first kappa shape index (κ1) is 21.2. The van der Waals surface area contributed by atoms with Gasteiger partial charge < -0.3 is 30.0 Å². The van der Waals surface area contributed by atoms with Gasteiger partial charge in [-0.3, -0.25) is 0 Å². The fourth-order valence-electron chi connectivity index (χ4n) is 1.82. The molecule has 0 heterocycles. The summed E-state index contributed by atoms with van der Waals surface area (Å²) < 4.78 is 21.3. The van der Waals surface area contributed by atoms with Gasteiger partial charge in [0.25, 0.3) is 0 Å². The summed E-state index contributed by atoms with van der Waals surface area (Å²) in [5.74, 6) is 0.754. The Bertz CT molecular complexity index is 485. The molecule has 0 fully saturated rings. The Hall–Kier alpha value is -1.83. The molecule has 1 amide bonds. The zero-order valence-electron chi connectivity index (χ0n) is 15.4. The number of hydrogen-bond acceptors (Lipinski definition) is 6. The molecule has 0 aliphatic rings. The molecule has 7 nitrogen and oxygen atoms in total. The minimum Gasteiger partial charge on any atom is -0.491 e. The van der Waals surface area contributed by atoms with E-state index in [-0.39, 0.29) is 0 Å². The van der Waals surface area contributed by atoms with Crippen molar-refractivity contribution in [3.8, 4) is 5.75 Å². The minimum absolute atomic E-state index is 0.404. The predicted molar refractivity (Wildman–Crippen MR) is 95.7 cm³/mol. The lowest BCUT2D eigenvalue weighted by molar-refractivity contribution is 0.0388. The molecule has 0 radical (unpaired) electrons. The maximum Gasteiger partial charge on any atom is 0.407 e. The average Bonchev–Trinajstić information content (AvgIpc) is 2.55. The summed E-state index contributed by atoms with van der Waals surface area (Å²) in [6, 6.07) is 7.51. The van der Waals surface area contributed by atoms with Crippen molar-refractivity contribution in [1.29, 1.82) is 0 Å². The third-order valence-corrected chi connectivity index (χ3v) is 2.89. The topological polar surface area (TPSA) is 92.0 Å². The van der Waals surface area contributed by atoms with Crippen LogP contribution < -0.4 is 15.8 Å². The number of nitrogens with two attached hydrogens (primary N) is 1. The third kappa shape index (κ3) is 11.4. The second-order valence-corrected chi connectivity index (χ2v) is 6.36. The van der Waals surface area contributed by atoms with Crippen molar-refractivity contribution in [2.24, 2.45) is 5.73 Å². The van der Waals surface area contributed by atoms with E-state index in [4.69, 9.17) is 24.7 Å².